The molecule has 0 aliphatic rings. The summed E-state index contributed by atoms with van der Waals surface area (Å²) in [6.45, 7) is 1.39. The molecule has 0 aliphatic heterocycles. The van der Waals surface area contributed by atoms with Gasteiger partial charge in [-0.15, -0.1) is 8.67 Å². The highest BCUT2D eigenvalue weighted by molar-refractivity contribution is 7.95. The van der Waals surface area contributed by atoms with Crippen LogP contribution in [0.5, 0.6) is 0 Å². The lowest BCUT2D eigenvalue weighted by molar-refractivity contribution is -0.432. The van der Waals surface area contributed by atoms with Crippen molar-refractivity contribution in [3.05, 3.63) is 23.8 Å². The van der Waals surface area contributed by atoms with E-state index in [1.165, 1.54) is 19.1 Å². The molecule has 0 unspecified atom stereocenters. The molecule has 7 nitrogen and oxygen atoms in total. The van der Waals surface area contributed by atoms with Crippen molar-refractivity contribution in [1.29, 1.82) is 0 Å². The fourth-order valence-electron chi connectivity index (χ4n) is 0.980. The number of rotatable bonds is 7. The van der Waals surface area contributed by atoms with Gasteiger partial charge in [0.05, 0.1) is 24.1 Å². The molecule has 0 aromatic heterocycles. The molecule has 0 radical (unpaired) electrons. The van der Waals surface area contributed by atoms with Crippen LogP contribution in [-0.2, 0) is 18.7 Å². The summed E-state index contributed by atoms with van der Waals surface area (Å²) in [5, 5.41) is 22.9. The first-order chi connectivity index (χ1) is 8.17. The molecule has 2 N–H and O–H groups in total. The van der Waals surface area contributed by atoms with Crippen LogP contribution in [-0.4, -0.2) is 16.3 Å². The van der Waals surface area contributed by atoms with Crippen molar-refractivity contribution in [2.24, 2.45) is 0 Å². The Morgan fingerprint density at radius 2 is 1.53 bits per heavy atom. The number of hydrogen-bond acceptors (Lipinski definition) is 9. The molecule has 1 rings (SSSR count). The summed E-state index contributed by atoms with van der Waals surface area (Å²) >= 11 is 1.41. The Labute approximate surface area is 105 Å². The average molecular weight is 280 g/mol. The molecule has 1 aromatic rings. The molecule has 0 bridgehead atoms. The van der Waals surface area contributed by atoms with Crippen molar-refractivity contribution < 1.29 is 34.1 Å². The summed E-state index contributed by atoms with van der Waals surface area (Å²) in [5.41, 5.74) is 0.403. The van der Waals surface area contributed by atoms with Gasteiger partial charge in [-0.25, -0.2) is 10.5 Å². The minimum absolute atomic E-state index is 0.163. The van der Waals surface area contributed by atoms with Crippen LogP contribution in [0, 0.1) is 0 Å². The minimum Gasteiger partial charge on any atom is -0.295 e. The summed E-state index contributed by atoms with van der Waals surface area (Å²) < 4.78 is 8.49. The Morgan fingerprint density at radius 3 is 1.88 bits per heavy atom. The molecule has 1 aromatic carbocycles. The summed E-state index contributed by atoms with van der Waals surface area (Å²) in [6, 6.07) is 4.64. The quantitative estimate of drug-likeness (QED) is 0.338. The van der Waals surface area contributed by atoms with E-state index in [4.69, 9.17) is 10.5 Å². The van der Waals surface area contributed by atoms with Gasteiger partial charge in [0.2, 0.25) is 0 Å². The summed E-state index contributed by atoms with van der Waals surface area (Å²) in [4.78, 5) is 12.2. The SMILES string of the molecule is CC(=O)c1cc(SOOO)cc(SOOO)c1. The maximum atomic E-state index is 11.2. The fourth-order valence-corrected chi connectivity index (χ4v) is 1.97. The van der Waals surface area contributed by atoms with Crippen molar-refractivity contribution in [3.63, 3.8) is 0 Å². The lowest BCUT2D eigenvalue weighted by Crippen LogP contribution is -1.93. The van der Waals surface area contributed by atoms with E-state index in [0.717, 1.165) is 0 Å². The third-order valence-corrected chi connectivity index (χ3v) is 2.72. The van der Waals surface area contributed by atoms with Gasteiger partial charge >= 0.3 is 0 Å². The number of benzene rings is 1. The fraction of sp³-hybridized carbons (Fsp3) is 0.125. The molecule has 0 atom stereocenters. The van der Waals surface area contributed by atoms with Crippen molar-refractivity contribution in [2.75, 3.05) is 0 Å². The normalized spacial score (nSPS) is 10.5. The second kappa shape index (κ2) is 7.63. The van der Waals surface area contributed by atoms with E-state index < -0.39 is 0 Å². The first-order valence-corrected chi connectivity index (χ1v) is 5.61. The topological polar surface area (TPSA) is 94.5 Å². The molecule has 17 heavy (non-hydrogen) atoms. The zero-order valence-corrected chi connectivity index (χ0v) is 10.1. The molecular weight excluding hydrogens is 272 g/mol. The van der Waals surface area contributed by atoms with E-state index in [1.54, 1.807) is 6.07 Å². The molecule has 9 heteroatoms. The number of Topliss-reactive ketones (excluding diaryl/α,β-unsaturated/α-hetero) is 1. The predicted molar refractivity (Wildman–Crippen MR) is 57.8 cm³/mol. The second-order valence-electron chi connectivity index (χ2n) is 2.70. The van der Waals surface area contributed by atoms with Gasteiger partial charge in [-0.05, 0) is 25.1 Å². The Morgan fingerprint density at radius 1 is 1.06 bits per heavy atom. The lowest BCUT2D eigenvalue weighted by atomic mass is 10.1. The molecule has 0 amide bonds. The van der Waals surface area contributed by atoms with E-state index in [9.17, 15) is 4.79 Å². The van der Waals surface area contributed by atoms with E-state index >= 15 is 0 Å². The summed E-state index contributed by atoms with van der Waals surface area (Å²) in [5.74, 6) is -0.163. The van der Waals surface area contributed by atoms with Crippen molar-refractivity contribution in [2.45, 2.75) is 16.7 Å². The van der Waals surface area contributed by atoms with Crippen LogP contribution in [0.4, 0.5) is 0 Å². The zero-order valence-electron chi connectivity index (χ0n) is 8.48. The number of hydrogen-bond donors (Lipinski definition) is 2. The molecule has 0 heterocycles. The third-order valence-electron chi connectivity index (χ3n) is 1.61. The maximum Gasteiger partial charge on any atom is 0.159 e. The highest BCUT2D eigenvalue weighted by Gasteiger charge is 2.08. The van der Waals surface area contributed by atoms with Gasteiger partial charge in [-0.2, -0.15) is 0 Å². The van der Waals surface area contributed by atoms with Crippen LogP contribution in [0.1, 0.15) is 17.3 Å². The number of ketones is 1. The van der Waals surface area contributed by atoms with Crippen LogP contribution in [0.2, 0.25) is 0 Å². The van der Waals surface area contributed by atoms with Crippen LogP contribution in [0.15, 0.2) is 28.0 Å². The van der Waals surface area contributed by atoms with Gasteiger partial charge in [0.25, 0.3) is 0 Å². The van der Waals surface area contributed by atoms with E-state index in [-0.39, 0.29) is 5.78 Å². The van der Waals surface area contributed by atoms with Gasteiger partial charge in [-0.1, -0.05) is 10.1 Å². The molecule has 0 saturated heterocycles. The van der Waals surface area contributed by atoms with Gasteiger partial charge in [0.15, 0.2) is 5.78 Å². The molecular formula is C8H8O7S2. The Kier molecular flexibility index (Phi) is 6.47. The van der Waals surface area contributed by atoms with Crippen LogP contribution < -0.4 is 0 Å². The highest BCUT2D eigenvalue weighted by Crippen LogP contribution is 2.28. The van der Waals surface area contributed by atoms with Gasteiger partial charge < -0.3 is 0 Å². The van der Waals surface area contributed by atoms with Crippen LogP contribution in [0.25, 0.3) is 0 Å². The van der Waals surface area contributed by atoms with Crippen molar-refractivity contribution >= 4 is 29.9 Å². The van der Waals surface area contributed by atoms with Crippen molar-refractivity contribution in [1.82, 2.24) is 0 Å². The van der Waals surface area contributed by atoms with Gasteiger partial charge in [-0.3, -0.25) is 4.79 Å². The Bertz CT molecular complexity index is 358. The van der Waals surface area contributed by atoms with E-state index in [2.05, 4.69) is 18.7 Å². The number of carbonyl (C=O) groups is 1. The summed E-state index contributed by atoms with van der Waals surface area (Å²) in [6.07, 6.45) is 0. The molecule has 0 fully saturated rings. The lowest BCUT2D eigenvalue weighted by Gasteiger charge is -2.04. The molecule has 94 valence electrons. The number of carbonyl (C=O) groups excluding carboxylic acids is 1. The Balaban J connectivity index is 2.88. The van der Waals surface area contributed by atoms with Crippen LogP contribution in [0.3, 0.4) is 0 Å². The monoisotopic (exact) mass is 280 g/mol. The largest absolute Gasteiger partial charge is 0.295 e. The molecule has 0 spiro atoms. The average Bonchev–Trinajstić information content (AvgIpc) is 2.33. The third kappa shape index (κ3) is 5.02. The standard InChI is InChI=1S/C8H8O7S2/c1-5(9)6-2-7(16-14-12-10)4-8(3-6)17-15-13-11/h2-4,10-11H,1H3. The van der Waals surface area contributed by atoms with Gasteiger partial charge in [0, 0.05) is 15.4 Å². The second-order valence-corrected chi connectivity index (χ2v) is 4.25. The van der Waals surface area contributed by atoms with Crippen LogP contribution >= 0.6 is 24.1 Å². The molecule has 0 saturated carbocycles. The van der Waals surface area contributed by atoms with E-state index in [0.29, 0.717) is 39.4 Å². The maximum absolute atomic E-state index is 11.2. The van der Waals surface area contributed by atoms with Gasteiger partial charge in [0.1, 0.15) is 0 Å². The highest BCUT2D eigenvalue weighted by atomic mass is 32.2. The van der Waals surface area contributed by atoms with Crippen molar-refractivity contribution in [3.8, 4) is 0 Å². The smallest absolute Gasteiger partial charge is 0.159 e. The first kappa shape index (κ1) is 14.4. The predicted octanol–water partition coefficient (Wildman–Crippen LogP) is 2.75. The summed E-state index contributed by atoms with van der Waals surface area (Å²) in [7, 11) is 0. The zero-order chi connectivity index (χ0) is 12.7. The Hall–Kier alpha value is -0.650. The minimum atomic E-state index is -0.163. The first-order valence-electron chi connectivity index (χ1n) is 4.13. The van der Waals surface area contributed by atoms with E-state index in [1.807, 2.05) is 0 Å². The molecule has 0 aliphatic carbocycles.